The average Bonchev–Trinajstić information content (AvgIpc) is 2.99. The molecular weight excluding hydrogens is 351 g/mol. The van der Waals surface area contributed by atoms with Crippen LogP contribution in [0, 0.1) is 6.92 Å². The second-order valence-corrected chi connectivity index (χ2v) is 7.06. The monoisotopic (exact) mass is 369 g/mol. The van der Waals surface area contributed by atoms with Crippen molar-refractivity contribution in [2.24, 2.45) is 0 Å². The maximum absolute atomic E-state index is 12.6. The molecule has 2 heterocycles. The van der Waals surface area contributed by atoms with Crippen molar-refractivity contribution < 1.29 is 18.0 Å². The number of benzene rings is 1. The summed E-state index contributed by atoms with van der Waals surface area (Å²) in [5, 5.41) is 3.07. The van der Waals surface area contributed by atoms with E-state index >= 15 is 0 Å². The number of piperazine rings is 1. The van der Waals surface area contributed by atoms with Gasteiger partial charge in [0.05, 0.1) is 16.3 Å². The van der Waals surface area contributed by atoms with E-state index < -0.39 is 11.7 Å². The molecule has 0 aliphatic carbocycles. The number of thiazole rings is 1. The number of rotatable bonds is 3. The molecule has 4 nitrogen and oxygen atoms in total. The Morgan fingerprint density at radius 1 is 1.16 bits per heavy atom. The van der Waals surface area contributed by atoms with E-state index in [9.17, 15) is 18.0 Å². The van der Waals surface area contributed by atoms with E-state index in [4.69, 9.17) is 0 Å². The second-order valence-electron chi connectivity index (χ2n) is 6.00. The van der Waals surface area contributed by atoms with E-state index in [2.05, 4.69) is 9.88 Å². The van der Waals surface area contributed by atoms with Crippen LogP contribution in [0.1, 0.15) is 26.6 Å². The first-order chi connectivity index (χ1) is 11.8. The molecule has 25 heavy (non-hydrogen) atoms. The third kappa shape index (κ3) is 4.38. The van der Waals surface area contributed by atoms with Crippen LogP contribution in [0.25, 0.3) is 0 Å². The van der Waals surface area contributed by atoms with Crippen LogP contribution in [0.15, 0.2) is 29.6 Å². The molecule has 8 heteroatoms. The Kier molecular flexibility index (Phi) is 5.10. The van der Waals surface area contributed by atoms with Crippen molar-refractivity contribution in [3.05, 3.63) is 51.5 Å². The molecule has 1 fully saturated rings. The summed E-state index contributed by atoms with van der Waals surface area (Å²) < 4.78 is 37.8. The van der Waals surface area contributed by atoms with Gasteiger partial charge in [0.1, 0.15) is 0 Å². The first-order valence-electron chi connectivity index (χ1n) is 7.93. The number of aryl methyl sites for hydroxylation is 1. The fourth-order valence-corrected chi connectivity index (χ4v) is 3.41. The minimum atomic E-state index is -4.39. The van der Waals surface area contributed by atoms with Gasteiger partial charge in [-0.2, -0.15) is 13.2 Å². The second kappa shape index (κ2) is 7.13. The molecular formula is C17H18F3N3OS. The van der Waals surface area contributed by atoms with E-state index in [1.165, 1.54) is 12.1 Å². The minimum absolute atomic E-state index is 0.224. The van der Waals surface area contributed by atoms with Gasteiger partial charge in [-0.25, -0.2) is 4.98 Å². The molecule has 1 aliphatic heterocycles. The smallest absolute Gasteiger partial charge is 0.336 e. The number of carbonyl (C=O) groups excluding carboxylic acids is 1. The van der Waals surface area contributed by atoms with E-state index in [1.54, 1.807) is 16.2 Å². The average molecular weight is 369 g/mol. The van der Waals surface area contributed by atoms with Crippen LogP contribution in [0.3, 0.4) is 0 Å². The predicted octanol–water partition coefficient (Wildman–Crippen LogP) is 3.43. The molecule has 0 unspecified atom stereocenters. The molecule has 0 spiro atoms. The third-order valence-electron chi connectivity index (χ3n) is 4.17. The molecule has 0 radical (unpaired) electrons. The van der Waals surface area contributed by atoms with E-state index in [1.807, 2.05) is 12.3 Å². The van der Waals surface area contributed by atoms with Gasteiger partial charge in [0.15, 0.2) is 0 Å². The van der Waals surface area contributed by atoms with Gasteiger partial charge < -0.3 is 4.90 Å². The molecule has 1 aliphatic rings. The van der Waals surface area contributed by atoms with Crippen molar-refractivity contribution in [2.45, 2.75) is 19.6 Å². The van der Waals surface area contributed by atoms with Gasteiger partial charge in [0.2, 0.25) is 0 Å². The van der Waals surface area contributed by atoms with Crippen molar-refractivity contribution in [2.75, 3.05) is 26.2 Å². The van der Waals surface area contributed by atoms with Crippen molar-refractivity contribution in [1.29, 1.82) is 0 Å². The summed E-state index contributed by atoms with van der Waals surface area (Å²) in [6, 6.07) is 4.40. The van der Waals surface area contributed by atoms with Gasteiger partial charge in [-0.1, -0.05) is 0 Å². The van der Waals surface area contributed by atoms with Gasteiger partial charge in [-0.15, -0.1) is 11.3 Å². The molecule has 1 amide bonds. The fraction of sp³-hybridized carbons (Fsp3) is 0.412. The van der Waals surface area contributed by atoms with E-state index in [-0.39, 0.29) is 11.5 Å². The molecule has 0 bridgehead atoms. The van der Waals surface area contributed by atoms with Crippen LogP contribution in [-0.2, 0) is 12.7 Å². The Morgan fingerprint density at radius 3 is 2.32 bits per heavy atom. The van der Waals surface area contributed by atoms with Crippen LogP contribution >= 0.6 is 11.3 Å². The number of aromatic nitrogens is 1. The number of hydrogen-bond donors (Lipinski definition) is 0. The summed E-state index contributed by atoms with van der Waals surface area (Å²) >= 11 is 1.62. The number of amides is 1. The van der Waals surface area contributed by atoms with Crippen molar-refractivity contribution in [1.82, 2.24) is 14.8 Å². The number of nitrogens with zero attached hydrogens (tertiary/aromatic N) is 3. The van der Waals surface area contributed by atoms with Crippen molar-refractivity contribution in [3.8, 4) is 0 Å². The van der Waals surface area contributed by atoms with Crippen molar-refractivity contribution >= 4 is 17.2 Å². The predicted molar refractivity (Wildman–Crippen MR) is 89.5 cm³/mol. The zero-order valence-corrected chi connectivity index (χ0v) is 14.5. The SMILES string of the molecule is Cc1nc(CN2CCN(C(=O)c3ccc(C(F)(F)F)cc3)CC2)cs1. The topological polar surface area (TPSA) is 36.4 Å². The van der Waals surface area contributed by atoms with Crippen LogP contribution in [0.4, 0.5) is 13.2 Å². The summed E-state index contributed by atoms with van der Waals surface area (Å²) in [7, 11) is 0. The first kappa shape index (κ1) is 17.9. The zero-order chi connectivity index (χ0) is 18.0. The van der Waals surface area contributed by atoms with Crippen LogP contribution in [0.5, 0.6) is 0 Å². The molecule has 0 saturated carbocycles. The number of alkyl halides is 3. The molecule has 1 aromatic heterocycles. The highest BCUT2D eigenvalue weighted by Gasteiger charge is 2.30. The molecule has 1 saturated heterocycles. The lowest BCUT2D eigenvalue weighted by molar-refractivity contribution is -0.137. The molecule has 134 valence electrons. The fourth-order valence-electron chi connectivity index (χ4n) is 2.80. The molecule has 3 rings (SSSR count). The van der Waals surface area contributed by atoms with E-state index in [0.717, 1.165) is 42.5 Å². The number of halogens is 3. The highest BCUT2D eigenvalue weighted by molar-refractivity contribution is 7.09. The maximum Gasteiger partial charge on any atom is 0.416 e. The summed E-state index contributed by atoms with van der Waals surface area (Å²) in [6.45, 7) is 5.29. The number of hydrogen-bond acceptors (Lipinski definition) is 4. The summed E-state index contributed by atoms with van der Waals surface area (Å²) in [4.78, 5) is 20.8. The zero-order valence-electron chi connectivity index (χ0n) is 13.7. The maximum atomic E-state index is 12.6. The molecule has 0 N–H and O–H groups in total. The van der Waals surface area contributed by atoms with Gasteiger partial charge in [0, 0.05) is 43.7 Å². The van der Waals surface area contributed by atoms with Gasteiger partial charge in [0.25, 0.3) is 5.91 Å². The normalized spacial score (nSPS) is 16.2. The summed E-state index contributed by atoms with van der Waals surface area (Å²) in [6.07, 6.45) is -4.39. The lowest BCUT2D eigenvalue weighted by Crippen LogP contribution is -2.48. The van der Waals surface area contributed by atoms with E-state index in [0.29, 0.717) is 13.1 Å². The summed E-state index contributed by atoms with van der Waals surface area (Å²) in [5.41, 5.74) is 0.578. The standard InChI is InChI=1S/C17H18F3N3OS/c1-12-21-15(11-25-12)10-22-6-8-23(9-7-22)16(24)13-2-4-14(5-3-13)17(18,19)20/h2-5,11H,6-10H2,1H3. The van der Waals surface area contributed by atoms with Crippen LogP contribution in [0.2, 0.25) is 0 Å². The van der Waals surface area contributed by atoms with Gasteiger partial charge >= 0.3 is 6.18 Å². The largest absolute Gasteiger partial charge is 0.416 e. The van der Waals surface area contributed by atoms with Crippen LogP contribution < -0.4 is 0 Å². The van der Waals surface area contributed by atoms with Crippen LogP contribution in [-0.4, -0.2) is 46.9 Å². The molecule has 1 aromatic carbocycles. The lowest BCUT2D eigenvalue weighted by Gasteiger charge is -2.34. The van der Waals surface area contributed by atoms with Gasteiger partial charge in [-0.05, 0) is 31.2 Å². The highest BCUT2D eigenvalue weighted by Crippen LogP contribution is 2.29. The van der Waals surface area contributed by atoms with Crippen molar-refractivity contribution in [3.63, 3.8) is 0 Å². The Hall–Kier alpha value is -1.93. The Balaban J connectivity index is 1.56. The highest BCUT2D eigenvalue weighted by atomic mass is 32.1. The minimum Gasteiger partial charge on any atom is -0.336 e. The first-order valence-corrected chi connectivity index (χ1v) is 8.81. The molecule has 2 aromatic rings. The third-order valence-corrected chi connectivity index (χ3v) is 4.99. The Morgan fingerprint density at radius 2 is 1.80 bits per heavy atom. The lowest BCUT2D eigenvalue weighted by atomic mass is 10.1. The number of carbonyl (C=O) groups is 1. The molecule has 0 atom stereocenters. The summed E-state index contributed by atoms with van der Waals surface area (Å²) in [5.74, 6) is -0.224. The van der Waals surface area contributed by atoms with Gasteiger partial charge in [-0.3, -0.25) is 9.69 Å². The quantitative estimate of drug-likeness (QED) is 0.832. The Labute approximate surface area is 147 Å². The Bertz CT molecular complexity index is 734.